The van der Waals surface area contributed by atoms with Gasteiger partial charge in [0, 0.05) is 28.4 Å². The van der Waals surface area contributed by atoms with Crippen LogP contribution in [0.15, 0.2) is 66.7 Å². The van der Waals surface area contributed by atoms with Crippen LogP contribution < -0.4 is 5.32 Å². The van der Waals surface area contributed by atoms with Crippen LogP contribution in [0.3, 0.4) is 0 Å². The van der Waals surface area contributed by atoms with Gasteiger partial charge in [0.15, 0.2) is 0 Å². The quantitative estimate of drug-likeness (QED) is 0.518. The molecule has 168 valence electrons. The van der Waals surface area contributed by atoms with Crippen molar-refractivity contribution in [1.29, 1.82) is 0 Å². The third-order valence-corrected chi connectivity index (χ3v) is 6.00. The second kappa shape index (κ2) is 9.08. The molecule has 3 aromatic rings. The van der Waals surface area contributed by atoms with Gasteiger partial charge in [-0.3, -0.25) is 9.59 Å². The van der Waals surface area contributed by atoms with Crippen LogP contribution in [0.25, 0.3) is 11.1 Å². The molecule has 0 saturated carbocycles. The average molecular weight is 463 g/mol. The Hall–Kier alpha value is -3.64. The summed E-state index contributed by atoms with van der Waals surface area (Å²) < 4.78 is 0. The van der Waals surface area contributed by atoms with E-state index in [1.165, 1.54) is 4.90 Å². The number of carbonyl (C=O) groups is 3. The van der Waals surface area contributed by atoms with E-state index in [-0.39, 0.29) is 17.7 Å². The van der Waals surface area contributed by atoms with Crippen LogP contribution in [0.4, 0.5) is 5.69 Å². The van der Waals surface area contributed by atoms with Gasteiger partial charge in [0.25, 0.3) is 11.8 Å². The molecule has 1 aliphatic heterocycles. The van der Waals surface area contributed by atoms with E-state index in [4.69, 9.17) is 11.6 Å². The monoisotopic (exact) mass is 462 g/mol. The highest BCUT2D eigenvalue weighted by molar-refractivity contribution is 6.30. The van der Waals surface area contributed by atoms with Crippen LogP contribution in [0.5, 0.6) is 0 Å². The largest absolute Gasteiger partial charge is 0.480 e. The highest BCUT2D eigenvalue weighted by atomic mass is 35.5. The van der Waals surface area contributed by atoms with Gasteiger partial charge >= 0.3 is 5.97 Å². The Bertz CT molecular complexity index is 1220. The molecular formula is C26H23ClN2O4. The van der Waals surface area contributed by atoms with E-state index >= 15 is 0 Å². The Morgan fingerprint density at radius 3 is 2.21 bits per heavy atom. The molecule has 0 saturated heterocycles. The minimum absolute atomic E-state index is 0.198. The average Bonchev–Trinajstić information content (AvgIpc) is 3.09. The molecule has 0 fully saturated rings. The van der Waals surface area contributed by atoms with E-state index in [1.54, 1.807) is 56.3 Å². The number of carboxylic acids is 1. The number of carboxylic acid groups (broad SMARTS) is 1. The van der Waals surface area contributed by atoms with Crippen molar-refractivity contribution in [3.05, 3.63) is 88.4 Å². The molecule has 2 amide bonds. The Morgan fingerprint density at radius 2 is 1.61 bits per heavy atom. The summed E-state index contributed by atoms with van der Waals surface area (Å²) in [6, 6.07) is 18.7. The molecule has 4 rings (SSSR count). The van der Waals surface area contributed by atoms with Gasteiger partial charge in [0.1, 0.15) is 6.04 Å². The van der Waals surface area contributed by atoms with Crippen molar-refractivity contribution in [1.82, 2.24) is 4.90 Å². The van der Waals surface area contributed by atoms with Crippen molar-refractivity contribution in [2.75, 3.05) is 5.32 Å². The molecule has 1 unspecified atom stereocenters. The van der Waals surface area contributed by atoms with Crippen molar-refractivity contribution < 1.29 is 19.5 Å². The molecule has 6 nitrogen and oxygen atoms in total. The first kappa shape index (κ1) is 22.6. The van der Waals surface area contributed by atoms with E-state index in [0.717, 1.165) is 16.7 Å². The third kappa shape index (κ3) is 4.61. The lowest BCUT2D eigenvalue weighted by Gasteiger charge is -2.27. The summed E-state index contributed by atoms with van der Waals surface area (Å²) in [5, 5.41) is 13.0. The van der Waals surface area contributed by atoms with Crippen molar-refractivity contribution in [3.8, 4) is 11.1 Å². The summed E-state index contributed by atoms with van der Waals surface area (Å²) >= 11 is 5.87. The molecule has 33 heavy (non-hydrogen) atoms. The summed E-state index contributed by atoms with van der Waals surface area (Å²) in [6.45, 7) is 3.89. The van der Waals surface area contributed by atoms with Gasteiger partial charge in [-0.25, -0.2) is 4.79 Å². The second-order valence-electron chi connectivity index (χ2n) is 8.37. The lowest BCUT2D eigenvalue weighted by Crippen LogP contribution is -2.44. The van der Waals surface area contributed by atoms with Crippen LogP contribution in [-0.4, -0.2) is 33.8 Å². The van der Waals surface area contributed by atoms with E-state index in [1.807, 2.05) is 24.3 Å². The topological polar surface area (TPSA) is 86.7 Å². The zero-order chi connectivity index (χ0) is 23.7. The number of rotatable bonds is 6. The van der Waals surface area contributed by atoms with Gasteiger partial charge in [0.05, 0.1) is 0 Å². The van der Waals surface area contributed by atoms with Crippen LogP contribution >= 0.6 is 11.6 Å². The zero-order valence-corrected chi connectivity index (χ0v) is 19.0. The first-order valence-electron chi connectivity index (χ1n) is 10.6. The summed E-state index contributed by atoms with van der Waals surface area (Å²) in [7, 11) is 0. The number of hydrogen-bond donors (Lipinski definition) is 2. The smallest absolute Gasteiger partial charge is 0.326 e. The Labute approximate surface area is 196 Å². The maximum atomic E-state index is 13.0. The molecule has 0 aromatic heterocycles. The normalized spacial score (nSPS) is 13.7. The van der Waals surface area contributed by atoms with Crippen molar-refractivity contribution in [2.45, 2.75) is 26.4 Å². The Morgan fingerprint density at radius 1 is 0.970 bits per heavy atom. The first-order chi connectivity index (χ1) is 15.7. The number of nitrogens with one attached hydrogen (secondary N) is 1. The Kier molecular flexibility index (Phi) is 6.20. The number of carbonyl (C=O) groups excluding carboxylic acids is 2. The molecule has 3 aromatic carbocycles. The van der Waals surface area contributed by atoms with Gasteiger partial charge < -0.3 is 15.3 Å². The molecular weight excluding hydrogens is 440 g/mol. The molecule has 0 bridgehead atoms. The SMILES string of the molecule is CC(C)C(C(=O)O)N1Cc2ccc(-c3ccc(NC(=O)c4ccc(Cl)cc4)cc3)cc2C1=O. The molecule has 1 aliphatic rings. The van der Waals surface area contributed by atoms with Crippen molar-refractivity contribution >= 4 is 35.1 Å². The number of aliphatic carboxylic acids is 1. The first-order valence-corrected chi connectivity index (χ1v) is 11.0. The molecule has 0 radical (unpaired) electrons. The standard InChI is InChI=1S/C26H23ClN2O4/c1-15(2)23(26(32)33)29-14-19-4-3-18(13-22(19)25(29)31)16-7-11-21(12-8-16)28-24(30)17-5-9-20(27)10-6-17/h3-13,15,23H,14H2,1-2H3,(H,28,30)(H,32,33). The fraction of sp³-hybridized carbons (Fsp3) is 0.192. The molecule has 0 aliphatic carbocycles. The van der Waals surface area contributed by atoms with E-state index in [0.29, 0.717) is 28.4 Å². The third-order valence-electron chi connectivity index (χ3n) is 5.74. The number of amides is 2. The van der Waals surface area contributed by atoms with E-state index < -0.39 is 12.0 Å². The highest BCUT2D eigenvalue weighted by Crippen LogP contribution is 2.31. The predicted octanol–water partition coefficient (Wildman–Crippen LogP) is 5.32. The minimum atomic E-state index is -0.998. The van der Waals surface area contributed by atoms with Crippen LogP contribution in [0.2, 0.25) is 5.02 Å². The number of benzene rings is 3. The summed E-state index contributed by atoms with van der Waals surface area (Å²) in [5.74, 6) is -1.70. The number of anilines is 1. The van der Waals surface area contributed by atoms with Crippen LogP contribution in [0, 0.1) is 5.92 Å². The molecule has 0 spiro atoms. The second-order valence-corrected chi connectivity index (χ2v) is 8.81. The lowest BCUT2D eigenvalue weighted by atomic mass is 10.00. The number of halogens is 1. The number of fused-ring (bicyclic) bond motifs is 1. The number of hydrogen-bond acceptors (Lipinski definition) is 3. The van der Waals surface area contributed by atoms with Gasteiger partial charge in [-0.1, -0.05) is 49.7 Å². The summed E-state index contributed by atoms with van der Waals surface area (Å²) in [5.41, 5.74) is 4.22. The van der Waals surface area contributed by atoms with Gasteiger partial charge in [-0.05, 0) is 65.1 Å². The van der Waals surface area contributed by atoms with E-state index in [9.17, 15) is 19.5 Å². The van der Waals surface area contributed by atoms with Gasteiger partial charge in [0.2, 0.25) is 0 Å². The summed E-state index contributed by atoms with van der Waals surface area (Å²) in [4.78, 5) is 38.5. The van der Waals surface area contributed by atoms with Gasteiger partial charge in [-0.15, -0.1) is 0 Å². The molecule has 7 heteroatoms. The van der Waals surface area contributed by atoms with Crippen LogP contribution in [-0.2, 0) is 11.3 Å². The molecule has 1 heterocycles. The fourth-order valence-corrected chi connectivity index (χ4v) is 4.18. The Balaban J connectivity index is 1.51. The molecule has 2 N–H and O–H groups in total. The maximum absolute atomic E-state index is 13.0. The highest BCUT2D eigenvalue weighted by Gasteiger charge is 2.38. The van der Waals surface area contributed by atoms with E-state index in [2.05, 4.69) is 5.32 Å². The fourth-order valence-electron chi connectivity index (χ4n) is 4.06. The van der Waals surface area contributed by atoms with Gasteiger partial charge in [-0.2, -0.15) is 0 Å². The van der Waals surface area contributed by atoms with Crippen molar-refractivity contribution in [2.24, 2.45) is 5.92 Å². The number of nitrogens with zero attached hydrogens (tertiary/aromatic N) is 1. The maximum Gasteiger partial charge on any atom is 0.326 e. The minimum Gasteiger partial charge on any atom is -0.480 e. The zero-order valence-electron chi connectivity index (χ0n) is 18.2. The summed E-state index contributed by atoms with van der Waals surface area (Å²) in [6.07, 6.45) is 0. The molecule has 1 atom stereocenters. The predicted molar refractivity (Wildman–Crippen MR) is 127 cm³/mol. The van der Waals surface area contributed by atoms with Crippen LogP contribution in [0.1, 0.15) is 40.1 Å². The van der Waals surface area contributed by atoms with Crippen molar-refractivity contribution in [3.63, 3.8) is 0 Å². The lowest BCUT2D eigenvalue weighted by molar-refractivity contribution is -0.144.